The number of carboxylic acid groups (broad SMARTS) is 1. The molecular weight excluding hydrogens is 435 g/mol. The van der Waals surface area contributed by atoms with Crippen LogP contribution in [-0.2, 0) is 21.7 Å². The number of hydrogen-bond donors (Lipinski definition) is 1. The fourth-order valence-electron chi connectivity index (χ4n) is 4.48. The number of halogens is 3. The van der Waals surface area contributed by atoms with Crippen LogP contribution >= 0.6 is 0 Å². The molecule has 0 bridgehead atoms. The molecular formula is C20H22F3N3O4S. The number of aromatic nitrogens is 2. The van der Waals surface area contributed by atoms with Crippen LogP contribution in [0.4, 0.5) is 13.2 Å². The lowest BCUT2D eigenvalue weighted by Gasteiger charge is -2.35. The Labute approximate surface area is 177 Å². The second-order valence-corrected chi connectivity index (χ2v) is 10.3. The van der Waals surface area contributed by atoms with Gasteiger partial charge < -0.3 is 5.11 Å². The maximum atomic E-state index is 12.9. The monoisotopic (exact) mass is 457 g/mol. The fourth-order valence-corrected chi connectivity index (χ4v) is 6.65. The van der Waals surface area contributed by atoms with E-state index in [-0.39, 0.29) is 11.2 Å². The average molecular weight is 457 g/mol. The summed E-state index contributed by atoms with van der Waals surface area (Å²) in [6, 6.07) is 6.41. The Balaban J connectivity index is 0.000000289. The zero-order valence-corrected chi connectivity index (χ0v) is 17.5. The molecule has 2 fully saturated rings. The van der Waals surface area contributed by atoms with E-state index in [2.05, 4.69) is 16.1 Å². The summed E-state index contributed by atoms with van der Waals surface area (Å²) in [4.78, 5) is 11.9. The van der Waals surface area contributed by atoms with Gasteiger partial charge in [0, 0.05) is 43.9 Å². The highest BCUT2D eigenvalue weighted by Gasteiger charge is 2.51. The summed E-state index contributed by atoms with van der Waals surface area (Å²) < 4.78 is 59.4. The summed E-state index contributed by atoms with van der Waals surface area (Å²) in [6.45, 7) is 1.59. The SMILES string of the molecule is Cn1cc(-c2ccc3c(c2)C2CN(C4CCC4)CC2S3(=O)=O)cn1.O=C(O)C(F)(F)F. The van der Waals surface area contributed by atoms with E-state index < -0.39 is 22.0 Å². The summed E-state index contributed by atoms with van der Waals surface area (Å²) >= 11 is 0. The minimum atomic E-state index is -5.08. The number of aryl methyl sites for hydroxylation is 1. The van der Waals surface area contributed by atoms with Crippen LogP contribution in [0.15, 0.2) is 35.5 Å². The number of aliphatic carboxylic acids is 1. The highest BCUT2D eigenvalue weighted by Crippen LogP contribution is 2.47. The molecule has 1 aromatic heterocycles. The van der Waals surface area contributed by atoms with Crippen molar-refractivity contribution in [2.45, 2.75) is 47.5 Å². The second-order valence-electron chi connectivity index (χ2n) is 8.19. The van der Waals surface area contributed by atoms with Gasteiger partial charge in [0.1, 0.15) is 0 Å². The van der Waals surface area contributed by atoms with Gasteiger partial charge in [0.25, 0.3) is 0 Å². The quantitative estimate of drug-likeness (QED) is 0.746. The number of alkyl halides is 3. The van der Waals surface area contributed by atoms with Crippen LogP contribution < -0.4 is 0 Å². The zero-order chi connectivity index (χ0) is 22.6. The summed E-state index contributed by atoms with van der Waals surface area (Å²) in [7, 11) is -1.30. The Hall–Kier alpha value is -2.40. The van der Waals surface area contributed by atoms with Crippen LogP contribution in [0.2, 0.25) is 0 Å². The molecule has 2 unspecified atom stereocenters. The molecule has 2 atom stereocenters. The van der Waals surface area contributed by atoms with Crippen molar-refractivity contribution < 1.29 is 31.5 Å². The van der Waals surface area contributed by atoms with E-state index in [1.165, 1.54) is 19.3 Å². The standard InChI is InChI=1S/C18H21N3O2S.C2HF3O2/c1-20-9-13(8-19-20)12-5-6-17-15(7-12)16-10-21(14-3-2-4-14)11-18(16)24(17,22)23;3-2(4,5)1(6)7/h5-9,14,16,18H,2-4,10-11H2,1H3;(H,6,7). The molecule has 31 heavy (non-hydrogen) atoms. The van der Waals surface area contributed by atoms with Gasteiger partial charge in [-0.15, -0.1) is 0 Å². The number of fused-ring (bicyclic) bond motifs is 3. The first-order valence-electron chi connectivity index (χ1n) is 9.89. The smallest absolute Gasteiger partial charge is 0.475 e. The van der Waals surface area contributed by atoms with E-state index in [0.717, 1.165) is 23.2 Å². The van der Waals surface area contributed by atoms with Crippen LogP contribution in [0.3, 0.4) is 0 Å². The van der Waals surface area contributed by atoms with Gasteiger partial charge in [0.05, 0.1) is 16.3 Å². The highest BCUT2D eigenvalue weighted by molar-refractivity contribution is 7.92. The number of carboxylic acids is 1. The van der Waals surface area contributed by atoms with Gasteiger partial charge in [-0.25, -0.2) is 13.2 Å². The molecule has 0 amide bonds. The second kappa shape index (κ2) is 7.63. The van der Waals surface area contributed by atoms with Gasteiger partial charge in [-0.05, 0) is 36.1 Å². The average Bonchev–Trinajstić information content (AvgIpc) is 3.30. The van der Waals surface area contributed by atoms with Crippen molar-refractivity contribution in [2.24, 2.45) is 7.05 Å². The molecule has 0 radical (unpaired) electrons. The number of rotatable bonds is 2. The third kappa shape index (κ3) is 3.96. The molecule has 1 aliphatic carbocycles. The minimum Gasteiger partial charge on any atom is -0.475 e. The number of carbonyl (C=O) groups is 1. The van der Waals surface area contributed by atoms with E-state index in [0.29, 0.717) is 17.5 Å². The molecule has 2 aromatic rings. The first-order chi connectivity index (χ1) is 14.5. The summed E-state index contributed by atoms with van der Waals surface area (Å²) in [5.74, 6) is -2.63. The molecule has 3 aliphatic rings. The molecule has 5 rings (SSSR count). The maximum Gasteiger partial charge on any atom is 0.490 e. The third-order valence-electron chi connectivity index (χ3n) is 6.28. The van der Waals surface area contributed by atoms with E-state index in [1.807, 2.05) is 25.5 Å². The Bertz CT molecular complexity index is 1110. The summed E-state index contributed by atoms with van der Waals surface area (Å²) in [5, 5.41) is 11.1. The number of hydrogen-bond acceptors (Lipinski definition) is 5. The Morgan fingerprint density at radius 2 is 1.87 bits per heavy atom. The third-order valence-corrected chi connectivity index (χ3v) is 8.54. The van der Waals surface area contributed by atoms with Gasteiger partial charge in [-0.2, -0.15) is 18.3 Å². The zero-order valence-electron chi connectivity index (χ0n) is 16.7. The van der Waals surface area contributed by atoms with Crippen molar-refractivity contribution in [3.63, 3.8) is 0 Å². The Kier molecular flexibility index (Phi) is 5.37. The number of likely N-dealkylation sites (tertiary alicyclic amines) is 1. The lowest BCUT2D eigenvalue weighted by atomic mass is 9.91. The van der Waals surface area contributed by atoms with Crippen LogP contribution in [0.25, 0.3) is 11.1 Å². The van der Waals surface area contributed by atoms with Crippen molar-refractivity contribution >= 4 is 15.8 Å². The topological polar surface area (TPSA) is 92.5 Å². The van der Waals surface area contributed by atoms with Gasteiger partial charge in [0.2, 0.25) is 0 Å². The number of nitrogens with zero attached hydrogens (tertiary/aromatic N) is 3. The van der Waals surface area contributed by atoms with Crippen molar-refractivity contribution in [2.75, 3.05) is 13.1 Å². The normalized spacial score (nSPS) is 24.6. The number of sulfone groups is 1. The van der Waals surface area contributed by atoms with Crippen molar-refractivity contribution in [3.8, 4) is 11.1 Å². The predicted octanol–water partition coefficient (Wildman–Crippen LogP) is 2.83. The fraction of sp³-hybridized carbons (Fsp3) is 0.500. The van der Waals surface area contributed by atoms with E-state index in [9.17, 15) is 21.6 Å². The molecule has 1 saturated heterocycles. The van der Waals surface area contributed by atoms with Crippen LogP contribution in [-0.4, -0.2) is 64.7 Å². The molecule has 3 heterocycles. The van der Waals surface area contributed by atoms with E-state index in [1.54, 1.807) is 10.7 Å². The van der Waals surface area contributed by atoms with Gasteiger partial charge in [0.15, 0.2) is 9.84 Å². The lowest BCUT2D eigenvalue weighted by Crippen LogP contribution is -2.39. The van der Waals surface area contributed by atoms with Crippen molar-refractivity contribution in [3.05, 3.63) is 36.2 Å². The summed E-state index contributed by atoms with van der Waals surface area (Å²) in [6.07, 6.45) is 2.45. The molecule has 1 N–H and O–H groups in total. The molecule has 7 nitrogen and oxygen atoms in total. The highest BCUT2D eigenvalue weighted by atomic mass is 32.2. The van der Waals surface area contributed by atoms with Crippen molar-refractivity contribution in [1.82, 2.24) is 14.7 Å². The van der Waals surface area contributed by atoms with E-state index >= 15 is 0 Å². The maximum absolute atomic E-state index is 12.9. The van der Waals surface area contributed by atoms with E-state index in [4.69, 9.17) is 9.90 Å². The molecule has 0 spiro atoms. The minimum absolute atomic E-state index is 0.127. The van der Waals surface area contributed by atoms with Gasteiger partial charge in [-0.3, -0.25) is 9.58 Å². The molecule has 2 aliphatic heterocycles. The number of benzene rings is 1. The largest absolute Gasteiger partial charge is 0.490 e. The van der Waals surface area contributed by atoms with Crippen LogP contribution in [0, 0.1) is 0 Å². The molecule has 1 saturated carbocycles. The first kappa shape index (κ1) is 21.8. The van der Waals surface area contributed by atoms with Gasteiger partial charge in [-0.1, -0.05) is 12.5 Å². The first-order valence-corrected chi connectivity index (χ1v) is 11.4. The molecule has 1 aromatic carbocycles. The van der Waals surface area contributed by atoms with Crippen molar-refractivity contribution in [1.29, 1.82) is 0 Å². The van der Waals surface area contributed by atoms with Gasteiger partial charge >= 0.3 is 12.1 Å². The van der Waals surface area contributed by atoms with Crippen LogP contribution in [0.5, 0.6) is 0 Å². The predicted molar refractivity (Wildman–Crippen MR) is 105 cm³/mol. The lowest BCUT2D eigenvalue weighted by molar-refractivity contribution is -0.192. The molecule has 11 heteroatoms. The van der Waals surface area contributed by atoms with Crippen LogP contribution in [0.1, 0.15) is 30.7 Å². The molecule has 168 valence electrons. The Morgan fingerprint density at radius 3 is 2.39 bits per heavy atom. The summed E-state index contributed by atoms with van der Waals surface area (Å²) in [5.41, 5.74) is 3.11. The Morgan fingerprint density at radius 1 is 1.19 bits per heavy atom.